The lowest BCUT2D eigenvalue weighted by Gasteiger charge is -2.35. The van der Waals surface area contributed by atoms with Crippen molar-refractivity contribution in [2.24, 2.45) is 0 Å². The molecule has 0 spiro atoms. The predicted molar refractivity (Wildman–Crippen MR) is 115 cm³/mol. The molecule has 2 aromatic rings. The van der Waals surface area contributed by atoms with Crippen LogP contribution < -0.4 is 10.2 Å². The first-order valence-corrected chi connectivity index (χ1v) is 10.9. The number of rotatable bonds is 3. The molecule has 3 aliphatic heterocycles. The summed E-state index contributed by atoms with van der Waals surface area (Å²) in [7, 11) is 0. The third-order valence-electron chi connectivity index (χ3n) is 6.19. The summed E-state index contributed by atoms with van der Waals surface area (Å²) in [6, 6.07) is 5.82. The van der Waals surface area contributed by atoms with Gasteiger partial charge in [-0.15, -0.1) is 0 Å². The van der Waals surface area contributed by atoms with Crippen LogP contribution in [-0.4, -0.2) is 70.3 Å². The summed E-state index contributed by atoms with van der Waals surface area (Å²) in [5.74, 6) is 0.134. The van der Waals surface area contributed by atoms with E-state index in [4.69, 9.17) is 9.26 Å². The van der Waals surface area contributed by atoms with Crippen LogP contribution in [0.1, 0.15) is 39.2 Å². The molecule has 3 saturated heterocycles. The SMILES string of the molecule is CC(C)(C)OC(=O)N1C[C@@H]2C[C@H]1CN2Cc1ccc2onc(N3CCC(=O)NC3=O)c2c1. The summed E-state index contributed by atoms with van der Waals surface area (Å²) in [5, 5.41) is 7.13. The predicted octanol–water partition coefficient (Wildman–Crippen LogP) is 2.47. The van der Waals surface area contributed by atoms with Gasteiger partial charge in [0.05, 0.1) is 5.39 Å². The lowest BCUT2D eigenvalue weighted by Crippen LogP contribution is -2.49. The van der Waals surface area contributed by atoms with Gasteiger partial charge in [-0.05, 0) is 44.9 Å². The zero-order valence-corrected chi connectivity index (χ0v) is 18.5. The first-order valence-electron chi connectivity index (χ1n) is 10.9. The number of piperazine rings is 1. The van der Waals surface area contributed by atoms with E-state index in [9.17, 15) is 14.4 Å². The van der Waals surface area contributed by atoms with E-state index in [0.717, 1.165) is 30.5 Å². The molecule has 4 heterocycles. The normalized spacial score (nSPS) is 23.8. The number of amides is 4. The van der Waals surface area contributed by atoms with E-state index < -0.39 is 11.6 Å². The largest absolute Gasteiger partial charge is 0.444 e. The molecule has 10 nitrogen and oxygen atoms in total. The highest BCUT2D eigenvalue weighted by Gasteiger charge is 2.46. The number of carbonyl (C=O) groups is 3. The molecule has 1 aromatic heterocycles. The summed E-state index contributed by atoms with van der Waals surface area (Å²) in [4.78, 5) is 41.8. The Balaban J connectivity index is 1.29. The molecule has 10 heteroatoms. The number of hydrogen-bond acceptors (Lipinski definition) is 7. The minimum atomic E-state index is -0.497. The minimum absolute atomic E-state index is 0.166. The molecule has 0 aliphatic carbocycles. The molecule has 0 unspecified atom stereocenters. The number of hydrogen-bond donors (Lipinski definition) is 1. The van der Waals surface area contributed by atoms with Crippen LogP contribution in [0.2, 0.25) is 0 Å². The number of benzene rings is 1. The van der Waals surface area contributed by atoms with Gasteiger partial charge in [0, 0.05) is 44.7 Å². The summed E-state index contributed by atoms with van der Waals surface area (Å²) < 4.78 is 10.9. The number of fused-ring (bicyclic) bond motifs is 3. The molecule has 170 valence electrons. The molecule has 5 rings (SSSR count). The van der Waals surface area contributed by atoms with Gasteiger partial charge >= 0.3 is 12.1 Å². The number of aromatic nitrogens is 1. The molecular weight excluding hydrogens is 414 g/mol. The zero-order chi connectivity index (χ0) is 22.6. The highest BCUT2D eigenvalue weighted by atomic mass is 16.6. The first-order chi connectivity index (χ1) is 15.2. The monoisotopic (exact) mass is 441 g/mol. The molecule has 3 fully saturated rings. The molecule has 32 heavy (non-hydrogen) atoms. The molecule has 2 atom stereocenters. The maximum absolute atomic E-state index is 12.5. The molecular formula is C22H27N5O5. The Morgan fingerprint density at radius 3 is 2.75 bits per heavy atom. The Kier molecular flexibility index (Phi) is 4.85. The smallest absolute Gasteiger partial charge is 0.410 e. The second kappa shape index (κ2) is 7.47. The lowest BCUT2D eigenvalue weighted by molar-refractivity contribution is -0.120. The van der Waals surface area contributed by atoms with Gasteiger partial charge in [-0.1, -0.05) is 11.2 Å². The van der Waals surface area contributed by atoms with Crippen molar-refractivity contribution >= 4 is 34.8 Å². The molecule has 1 aromatic carbocycles. The zero-order valence-electron chi connectivity index (χ0n) is 18.5. The standard InChI is InChI=1S/C22H27N5O5/c1-22(2,3)31-21(30)27-12-14-9-15(27)11-25(14)10-13-4-5-17-16(8-13)19(24-32-17)26-7-6-18(28)23-20(26)29/h4-5,8,14-15H,6-7,9-12H2,1-3H3,(H,23,28,29)/t14-,15-/m0/s1. The van der Waals surface area contributed by atoms with Gasteiger partial charge in [-0.2, -0.15) is 0 Å². The second-order valence-corrected chi connectivity index (χ2v) is 9.70. The van der Waals surface area contributed by atoms with Crippen LogP contribution in [0.3, 0.4) is 0 Å². The molecule has 0 radical (unpaired) electrons. The van der Waals surface area contributed by atoms with Gasteiger partial charge in [-0.3, -0.25) is 19.9 Å². The number of nitrogens with one attached hydrogen (secondary N) is 1. The van der Waals surface area contributed by atoms with E-state index in [-0.39, 0.29) is 31.0 Å². The molecule has 3 aliphatic rings. The van der Waals surface area contributed by atoms with Crippen LogP contribution in [0.5, 0.6) is 0 Å². The quantitative estimate of drug-likeness (QED) is 0.779. The maximum atomic E-state index is 12.5. The van der Waals surface area contributed by atoms with E-state index in [1.54, 1.807) is 0 Å². The van der Waals surface area contributed by atoms with Gasteiger partial charge < -0.3 is 14.2 Å². The van der Waals surface area contributed by atoms with E-state index in [0.29, 0.717) is 24.0 Å². The van der Waals surface area contributed by atoms with Crippen molar-refractivity contribution in [2.45, 2.75) is 57.8 Å². The Morgan fingerprint density at radius 2 is 2.06 bits per heavy atom. The summed E-state index contributed by atoms with van der Waals surface area (Å²) in [6.07, 6.45) is 0.936. The van der Waals surface area contributed by atoms with Crippen LogP contribution in [0, 0.1) is 0 Å². The molecule has 4 amide bonds. The Bertz CT molecular complexity index is 1090. The average Bonchev–Trinajstić information content (AvgIpc) is 3.41. The first kappa shape index (κ1) is 20.7. The van der Waals surface area contributed by atoms with E-state index in [1.165, 1.54) is 4.90 Å². The Morgan fingerprint density at radius 1 is 1.25 bits per heavy atom. The van der Waals surface area contributed by atoms with E-state index >= 15 is 0 Å². The minimum Gasteiger partial charge on any atom is -0.444 e. The van der Waals surface area contributed by atoms with E-state index in [1.807, 2.05) is 43.9 Å². The van der Waals surface area contributed by atoms with Gasteiger partial charge in [-0.25, -0.2) is 9.59 Å². The van der Waals surface area contributed by atoms with Crippen molar-refractivity contribution in [1.29, 1.82) is 0 Å². The van der Waals surface area contributed by atoms with E-state index in [2.05, 4.69) is 15.4 Å². The second-order valence-electron chi connectivity index (χ2n) is 9.70. The lowest BCUT2D eigenvalue weighted by atomic mass is 10.1. The highest BCUT2D eigenvalue weighted by molar-refractivity contribution is 6.08. The van der Waals surface area contributed by atoms with Crippen molar-refractivity contribution in [3.8, 4) is 0 Å². The third-order valence-corrected chi connectivity index (χ3v) is 6.19. The summed E-state index contributed by atoms with van der Waals surface area (Å²) >= 11 is 0. The third kappa shape index (κ3) is 3.79. The number of nitrogens with zero attached hydrogens (tertiary/aromatic N) is 4. The van der Waals surface area contributed by atoms with Crippen molar-refractivity contribution in [3.63, 3.8) is 0 Å². The van der Waals surface area contributed by atoms with Crippen LogP contribution in [0.25, 0.3) is 11.0 Å². The van der Waals surface area contributed by atoms with Crippen LogP contribution in [-0.2, 0) is 16.1 Å². The van der Waals surface area contributed by atoms with Crippen LogP contribution >= 0.6 is 0 Å². The highest BCUT2D eigenvalue weighted by Crippen LogP contribution is 2.34. The van der Waals surface area contributed by atoms with Crippen LogP contribution in [0.4, 0.5) is 15.4 Å². The fraction of sp³-hybridized carbons (Fsp3) is 0.545. The van der Waals surface area contributed by atoms with Crippen LogP contribution in [0.15, 0.2) is 22.7 Å². The fourth-order valence-corrected chi connectivity index (χ4v) is 4.75. The van der Waals surface area contributed by atoms with Gasteiger partial charge in [0.15, 0.2) is 11.4 Å². The Labute approximate surface area is 185 Å². The summed E-state index contributed by atoms with van der Waals surface area (Å²) in [6.45, 7) is 8.11. The number of likely N-dealkylation sites (tertiary alicyclic amines) is 2. The number of urea groups is 1. The summed E-state index contributed by atoms with van der Waals surface area (Å²) in [5.41, 5.74) is 1.17. The number of anilines is 1. The molecule has 0 saturated carbocycles. The van der Waals surface area contributed by atoms with Gasteiger partial charge in [0.25, 0.3) is 0 Å². The topological polar surface area (TPSA) is 108 Å². The number of carbonyl (C=O) groups excluding carboxylic acids is 3. The van der Waals surface area contributed by atoms with Crippen molar-refractivity contribution in [2.75, 3.05) is 24.5 Å². The van der Waals surface area contributed by atoms with Crippen molar-refractivity contribution < 1.29 is 23.6 Å². The molecule has 2 bridgehead atoms. The fourth-order valence-electron chi connectivity index (χ4n) is 4.75. The van der Waals surface area contributed by atoms with Gasteiger partial charge in [0.2, 0.25) is 5.91 Å². The number of imide groups is 1. The Hall–Kier alpha value is -3.14. The molecule has 1 N–H and O–H groups in total. The maximum Gasteiger partial charge on any atom is 0.410 e. The van der Waals surface area contributed by atoms with Crippen molar-refractivity contribution in [1.82, 2.24) is 20.3 Å². The van der Waals surface area contributed by atoms with Gasteiger partial charge in [0.1, 0.15) is 5.60 Å². The van der Waals surface area contributed by atoms with Crippen molar-refractivity contribution in [3.05, 3.63) is 23.8 Å². The number of ether oxygens (including phenoxy) is 1. The average molecular weight is 441 g/mol.